The first kappa shape index (κ1) is 13.4. The summed E-state index contributed by atoms with van der Waals surface area (Å²) in [5.74, 6) is 0.867. The van der Waals surface area contributed by atoms with Crippen molar-refractivity contribution in [3.8, 4) is 0 Å². The van der Waals surface area contributed by atoms with Gasteiger partial charge in [-0.2, -0.15) is 11.8 Å². The second kappa shape index (κ2) is 6.13. The quantitative estimate of drug-likeness (QED) is 0.784. The van der Waals surface area contributed by atoms with E-state index < -0.39 is 12.0 Å². The lowest BCUT2D eigenvalue weighted by Crippen LogP contribution is -2.47. The smallest absolute Gasteiger partial charge is 0.326 e. The van der Waals surface area contributed by atoms with Crippen molar-refractivity contribution in [1.82, 2.24) is 5.32 Å². The van der Waals surface area contributed by atoms with Gasteiger partial charge in [-0.1, -0.05) is 13.8 Å². The third-order valence-electron chi connectivity index (χ3n) is 2.82. The van der Waals surface area contributed by atoms with Crippen LogP contribution in [-0.2, 0) is 9.59 Å². The maximum absolute atomic E-state index is 11.8. The largest absolute Gasteiger partial charge is 0.480 e. The number of carbonyl (C=O) groups is 2. The third kappa shape index (κ3) is 3.70. The van der Waals surface area contributed by atoms with E-state index >= 15 is 0 Å². The molecule has 1 amide bonds. The molecular weight excluding hydrogens is 226 g/mol. The van der Waals surface area contributed by atoms with E-state index in [2.05, 4.69) is 5.32 Å². The van der Waals surface area contributed by atoms with Gasteiger partial charge < -0.3 is 10.4 Å². The van der Waals surface area contributed by atoms with Gasteiger partial charge in [-0.25, -0.2) is 4.79 Å². The number of thioether (sulfide) groups is 1. The molecule has 2 N–H and O–H groups in total. The van der Waals surface area contributed by atoms with Crippen LogP contribution in [0.4, 0.5) is 0 Å². The molecule has 0 aliphatic carbocycles. The fourth-order valence-corrected chi connectivity index (χ4v) is 2.85. The molecule has 0 spiro atoms. The maximum atomic E-state index is 11.8. The van der Waals surface area contributed by atoms with Gasteiger partial charge >= 0.3 is 5.97 Å². The average Bonchev–Trinajstić information content (AvgIpc) is 2.25. The molecule has 16 heavy (non-hydrogen) atoms. The van der Waals surface area contributed by atoms with Gasteiger partial charge in [0.25, 0.3) is 0 Å². The van der Waals surface area contributed by atoms with E-state index in [9.17, 15) is 9.59 Å². The van der Waals surface area contributed by atoms with E-state index in [1.165, 1.54) is 0 Å². The Balaban J connectivity index is 2.50. The number of hydrogen-bond acceptors (Lipinski definition) is 3. The Labute approximate surface area is 100 Å². The first-order chi connectivity index (χ1) is 7.52. The average molecular weight is 245 g/mol. The predicted molar refractivity (Wildman–Crippen MR) is 64.5 cm³/mol. The van der Waals surface area contributed by atoms with Crippen LogP contribution >= 0.6 is 11.8 Å². The number of amides is 1. The summed E-state index contributed by atoms with van der Waals surface area (Å²) in [5, 5.41) is 11.6. The molecule has 1 fully saturated rings. The SMILES string of the molecule is CC(C)[C@H](NC(=O)C1CCSCC1)C(=O)O. The fourth-order valence-electron chi connectivity index (χ4n) is 1.74. The van der Waals surface area contributed by atoms with Crippen LogP contribution < -0.4 is 5.32 Å². The van der Waals surface area contributed by atoms with Crippen molar-refractivity contribution in [1.29, 1.82) is 0 Å². The summed E-state index contributed by atoms with van der Waals surface area (Å²) in [6.07, 6.45) is 1.72. The molecule has 0 radical (unpaired) electrons. The standard InChI is InChI=1S/C11H19NO3S/c1-7(2)9(11(14)15)12-10(13)8-3-5-16-6-4-8/h7-9H,3-6H2,1-2H3,(H,12,13)(H,14,15)/t9-/m0/s1. The first-order valence-electron chi connectivity index (χ1n) is 5.63. The molecule has 1 saturated heterocycles. The van der Waals surface area contributed by atoms with Crippen molar-refractivity contribution in [3.63, 3.8) is 0 Å². The molecule has 92 valence electrons. The summed E-state index contributed by atoms with van der Waals surface area (Å²) in [4.78, 5) is 22.8. The van der Waals surface area contributed by atoms with E-state index in [0.717, 1.165) is 24.3 Å². The van der Waals surface area contributed by atoms with Crippen LogP contribution in [0.2, 0.25) is 0 Å². The maximum Gasteiger partial charge on any atom is 0.326 e. The third-order valence-corrected chi connectivity index (χ3v) is 3.87. The Morgan fingerprint density at radius 1 is 1.31 bits per heavy atom. The summed E-state index contributed by atoms with van der Waals surface area (Å²) >= 11 is 1.85. The summed E-state index contributed by atoms with van der Waals surface area (Å²) in [6.45, 7) is 3.60. The van der Waals surface area contributed by atoms with E-state index in [1.54, 1.807) is 13.8 Å². The number of rotatable bonds is 4. The normalized spacial score (nSPS) is 19.4. The molecule has 0 aromatic heterocycles. The Hall–Kier alpha value is -0.710. The molecule has 1 rings (SSSR count). The van der Waals surface area contributed by atoms with Crippen molar-refractivity contribution in [3.05, 3.63) is 0 Å². The van der Waals surface area contributed by atoms with Crippen LogP contribution in [0.3, 0.4) is 0 Å². The summed E-state index contributed by atoms with van der Waals surface area (Å²) in [5.41, 5.74) is 0. The van der Waals surface area contributed by atoms with Crippen LogP contribution in [0.5, 0.6) is 0 Å². The Kier molecular flexibility index (Phi) is 5.12. The van der Waals surface area contributed by atoms with Crippen LogP contribution in [-0.4, -0.2) is 34.5 Å². The lowest BCUT2D eigenvalue weighted by atomic mass is 9.99. The van der Waals surface area contributed by atoms with Crippen molar-refractivity contribution in [2.75, 3.05) is 11.5 Å². The van der Waals surface area contributed by atoms with Crippen molar-refractivity contribution < 1.29 is 14.7 Å². The van der Waals surface area contributed by atoms with E-state index in [-0.39, 0.29) is 17.7 Å². The Morgan fingerprint density at radius 2 is 1.88 bits per heavy atom. The molecule has 1 aliphatic rings. The molecular formula is C11H19NO3S. The highest BCUT2D eigenvalue weighted by Crippen LogP contribution is 2.23. The molecule has 0 unspecified atom stereocenters. The molecule has 1 heterocycles. The van der Waals surface area contributed by atoms with E-state index in [1.807, 2.05) is 11.8 Å². The predicted octanol–water partition coefficient (Wildman–Crippen LogP) is 1.35. The molecule has 1 atom stereocenters. The van der Waals surface area contributed by atoms with Gasteiger partial charge in [0.15, 0.2) is 0 Å². The zero-order valence-electron chi connectivity index (χ0n) is 9.73. The lowest BCUT2D eigenvalue weighted by molar-refractivity contribution is -0.143. The molecule has 0 bridgehead atoms. The highest BCUT2D eigenvalue weighted by molar-refractivity contribution is 7.99. The minimum absolute atomic E-state index is 0.00171. The number of aliphatic carboxylic acids is 1. The number of nitrogens with one attached hydrogen (secondary N) is 1. The minimum Gasteiger partial charge on any atom is -0.480 e. The van der Waals surface area contributed by atoms with Gasteiger partial charge in [-0.15, -0.1) is 0 Å². The van der Waals surface area contributed by atoms with Gasteiger partial charge in [-0.3, -0.25) is 4.79 Å². The lowest BCUT2D eigenvalue weighted by Gasteiger charge is -2.24. The van der Waals surface area contributed by atoms with Crippen molar-refractivity contribution >= 4 is 23.6 Å². The van der Waals surface area contributed by atoms with Gasteiger partial charge in [0.2, 0.25) is 5.91 Å². The second-order valence-electron chi connectivity index (χ2n) is 4.46. The highest BCUT2D eigenvalue weighted by Gasteiger charge is 2.28. The van der Waals surface area contributed by atoms with Gasteiger partial charge in [-0.05, 0) is 30.3 Å². The molecule has 0 aromatic carbocycles. The monoisotopic (exact) mass is 245 g/mol. The zero-order chi connectivity index (χ0) is 12.1. The number of carboxylic acids is 1. The number of hydrogen-bond donors (Lipinski definition) is 2. The molecule has 0 aromatic rings. The van der Waals surface area contributed by atoms with Gasteiger partial charge in [0, 0.05) is 5.92 Å². The second-order valence-corrected chi connectivity index (χ2v) is 5.68. The number of carboxylic acid groups (broad SMARTS) is 1. The zero-order valence-corrected chi connectivity index (χ0v) is 10.5. The minimum atomic E-state index is -0.950. The van der Waals surface area contributed by atoms with Crippen LogP contribution in [0.15, 0.2) is 0 Å². The van der Waals surface area contributed by atoms with Crippen molar-refractivity contribution in [2.45, 2.75) is 32.7 Å². The topological polar surface area (TPSA) is 66.4 Å². The van der Waals surface area contributed by atoms with E-state index in [0.29, 0.717) is 0 Å². The van der Waals surface area contributed by atoms with Crippen LogP contribution in [0.1, 0.15) is 26.7 Å². The van der Waals surface area contributed by atoms with Crippen LogP contribution in [0, 0.1) is 11.8 Å². The van der Waals surface area contributed by atoms with Gasteiger partial charge in [0.1, 0.15) is 6.04 Å². The summed E-state index contributed by atoms with van der Waals surface area (Å²) < 4.78 is 0. The molecule has 1 aliphatic heterocycles. The van der Waals surface area contributed by atoms with Crippen LogP contribution in [0.25, 0.3) is 0 Å². The molecule has 5 heteroatoms. The Morgan fingerprint density at radius 3 is 2.31 bits per heavy atom. The first-order valence-corrected chi connectivity index (χ1v) is 6.78. The summed E-state index contributed by atoms with van der Waals surface area (Å²) in [7, 11) is 0. The van der Waals surface area contributed by atoms with Crippen molar-refractivity contribution in [2.24, 2.45) is 11.8 Å². The Bertz CT molecular complexity index is 262. The fraction of sp³-hybridized carbons (Fsp3) is 0.818. The highest BCUT2D eigenvalue weighted by atomic mass is 32.2. The molecule has 0 saturated carbocycles. The summed E-state index contributed by atoms with van der Waals surface area (Å²) in [6, 6.07) is -0.762. The number of carbonyl (C=O) groups excluding carboxylic acids is 1. The van der Waals surface area contributed by atoms with E-state index in [4.69, 9.17) is 5.11 Å². The van der Waals surface area contributed by atoms with Gasteiger partial charge in [0.05, 0.1) is 0 Å². The molecule has 4 nitrogen and oxygen atoms in total.